The van der Waals surface area contributed by atoms with Gasteiger partial charge < -0.3 is 0 Å². The summed E-state index contributed by atoms with van der Waals surface area (Å²) in [6.45, 7) is 1.55. The van der Waals surface area contributed by atoms with E-state index in [1.165, 1.54) is 8.70 Å². The van der Waals surface area contributed by atoms with Crippen LogP contribution in [-0.2, 0) is 4.79 Å². The van der Waals surface area contributed by atoms with E-state index < -0.39 is 11.3 Å². The molecular weight excluding hydrogens is 400 g/mol. The van der Waals surface area contributed by atoms with Crippen LogP contribution in [0.15, 0.2) is 54.6 Å². The standard InChI is InChI=1S/C14H13AsINO/c1-11(18)17-14-10-6-5-9-13(14)15(16)12-7-3-2-4-8-12/h2-10H,1H3,(H,17,18). The predicted octanol–water partition coefficient (Wildman–Crippen LogP) is 2.19. The fourth-order valence-corrected chi connectivity index (χ4v) is 8.16. The van der Waals surface area contributed by atoms with Gasteiger partial charge in [-0.2, -0.15) is 0 Å². The molecule has 0 bridgehead atoms. The molecule has 2 aromatic rings. The summed E-state index contributed by atoms with van der Waals surface area (Å²) in [6.07, 6.45) is 0. The van der Waals surface area contributed by atoms with Crippen molar-refractivity contribution in [2.45, 2.75) is 6.92 Å². The number of carbonyl (C=O) groups is 1. The van der Waals surface area contributed by atoms with Gasteiger partial charge in [0.25, 0.3) is 0 Å². The van der Waals surface area contributed by atoms with E-state index in [1.54, 1.807) is 6.92 Å². The van der Waals surface area contributed by atoms with Gasteiger partial charge in [0.2, 0.25) is 0 Å². The second kappa shape index (κ2) is 6.39. The van der Waals surface area contributed by atoms with Crippen LogP contribution in [0.4, 0.5) is 5.69 Å². The topological polar surface area (TPSA) is 29.1 Å². The van der Waals surface area contributed by atoms with Crippen molar-refractivity contribution in [3.63, 3.8) is 0 Å². The van der Waals surface area contributed by atoms with E-state index in [1.807, 2.05) is 24.3 Å². The van der Waals surface area contributed by atoms with E-state index in [-0.39, 0.29) is 5.91 Å². The van der Waals surface area contributed by atoms with Crippen molar-refractivity contribution in [1.82, 2.24) is 0 Å². The van der Waals surface area contributed by atoms with Crippen LogP contribution in [0.5, 0.6) is 0 Å². The molecule has 1 atom stereocenters. The van der Waals surface area contributed by atoms with Crippen molar-refractivity contribution >= 4 is 51.7 Å². The van der Waals surface area contributed by atoms with Crippen LogP contribution >= 0.6 is 20.1 Å². The van der Waals surface area contributed by atoms with Gasteiger partial charge in [-0.25, -0.2) is 0 Å². The van der Waals surface area contributed by atoms with Crippen LogP contribution in [0.1, 0.15) is 6.92 Å². The Morgan fingerprint density at radius 3 is 2.33 bits per heavy atom. The summed E-state index contributed by atoms with van der Waals surface area (Å²) >= 11 is 1.20. The summed E-state index contributed by atoms with van der Waals surface area (Å²) < 4.78 is 2.65. The number of rotatable bonds is 3. The maximum atomic E-state index is 11.2. The molecule has 0 aliphatic heterocycles. The molecule has 0 aliphatic rings. The molecule has 1 unspecified atom stereocenters. The number of carbonyl (C=O) groups excluding carboxylic acids is 1. The van der Waals surface area contributed by atoms with Gasteiger partial charge >= 0.3 is 123 Å². The Morgan fingerprint density at radius 2 is 1.67 bits per heavy atom. The molecule has 1 amide bonds. The molecule has 2 aromatic carbocycles. The molecule has 0 saturated heterocycles. The average Bonchev–Trinajstić information content (AvgIpc) is 2.39. The molecule has 0 heterocycles. The van der Waals surface area contributed by atoms with Gasteiger partial charge in [0.15, 0.2) is 0 Å². The van der Waals surface area contributed by atoms with Crippen LogP contribution in [0, 0.1) is 0 Å². The zero-order valence-corrected chi connectivity index (χ0v) is 14.0. The number of amides is 1. The van der Waals surface area contributed by atoms with Crippen molar-refractivity contribution in [3.05, 3.63) is 54.6 Å². The van der Waals surface area contributed by atoms with E-state index in [9.17, 15) is 4.79 Å². The SMILES string of the molecule is CC(=O)Nc1ccccc1[As](I)c1ccccc1. The normalized spacial score (nSPS) is 11.9. The quantitative estimate of drug-likeness (QED) is 0.607. The van der Waals surface area contributed by atoms with E-state index in [0.717, 1.165) is 5.69 Å². The second-order valence-corrected chi connectivity index (χ2v) is 12.1. The summed E-state index contributed by atoms with van der Waals surface area (Å²) in [5, 5.41) is 2.92. The molecular formula is C14H13AsINO. The average molecular weight is 413 g/mol. The molecule has 0 spiro atoms. The molecule has 0 radical (unpaired) electrons. The third-order valence-corrected chi connectivity index (χ3v) is 11.3. The van der Waals surface area contributed by atoms with Gasteiger partial charge in [-0.3, -0.25) is 0 Å². The zero-order chi connectivity index (χ0) is 13.0. The molecule has 0 aromatic heterocycles. The van der Waals surface area contributed by atoms with Crippen molar-refractivity contribution < 1.29 is 4.79 Å². The van der Waals surface area contributed by atoms with E-state index in [0.29, 0.717) is 0 Å². The fourth-order valence-electron chi connectivity index (χ4n) is 1.64. The first-order valence-corrected chi connectivity index (χ1v) is 13.2. The Balaban J connectivity index is 2.36. The van der Waals surface area contributed by atoms with Crippen LogP contribution in [0.3, 0.4) is 0 Å². The van der Waals surface area contributed by atoms with Crippen molar-refractivity contribution in [3.8, 4) is 0 Å². The Morgan fingerprint density at radius 1 is 1.06 bits per heavy atom. The van der Waals surface area contributed by atoms with Crippen LogP contribution in [-0.4, -0.2) is 17.2 Å². The molecule has 0 fully saturated rings. The summed E-state index contributed by atoms with van der Waals surface area (Å²) in [5.41, 5.74) is 0.947. The molecule has 92 valence electrons. The van der Waals surface area contributed by atoms with Crippen LogP contribution in [0.2, 0.25) is 0 Å². The van der Waals surface area contributed by atoms with Crippen LogP contribution in [0.25, 0.3) is 0 Å². The minimum absolute atomic E-state index is 0.0192. The van der Waals surface area contributed by atoms with Gasteiger partial charge in [0.1, 0.15) is 0 Å². The molecule has 0 aliphatic carbocycles. The Kier molecular flexibility index (Phi) is 4.84. The maximum absolute atomic E-state index is 11.2. The van der Waals surface area contributed by atoms with Crippen LogP contribution < -0.4 is 14.0 Å². The number of benzene rings is 2. The third-order valence-electron chi connectivity index (χ3n) is 2.41. The summed E-state index contributed by atoms with van der Waals surface area (Å²) in [7, 11) is 0. The molecule has 2 nitrogen and oxygen atoms in total. The van der Waals surface area contributed by atoms with E-state index >= 15 is 0 Å². The third kappa shape index (κ3) is 3.36. The van der Waals surface area contributed by atoms with Crippen molar-refractivity contribution in [2.75, 3.05) is 5.32 Å². The second-order valence-electron chi connectivity index (χ2n) is 3.81. The number of hydrogen-bond acceptors (Lipinski definition) is 1. The fraction of sp³-hybridized carbons (Fsp3) is 0.0714. The number of nitrogens with one attached hydrogen (secondary N) is 1. The molecule has 4 heteroatoms. The van der Waals surface area contributed by atoms with Gasteiger partial charge in [-0.05, 0) is 0 Å². The van der Waals surface area contributed by atoms with E-state index in [2.05, 4.69) is 55.8 Å². The molecule has 0 saturated carbocycles. The minimum atomic E-state index is -1.34. The monoisotopic (exact) mass is 413 g/mol. The van der Waals surface area contributed by atoms with Gasteiger partial charge in [0, 0.05) is 0 Å². The van der Waals surface area contributed by atoms with Crippen molar-refractivity contribution in [2.24, 2.45) is 0 Å². The summed E-state index contributed by atoms with van der Waals surface area (Å²) in [5.74, 6) is -0.0192. The molecule has 2 rings (SSSR count). The number of anilines is 1. The summed E-state index contributed by atoms with van der Waals surface area (Å²) in [4.78, 5) is 11.2. The predicted molar refractivity (Wildman–Crippen MR) is 86.2 cm³/mol. The first kappa shape index (κ1) is 13.6. The molecule has 1 N–H and O–H groups in total. The molecule has 18 heavy (non-hydrogen) atoms. The van der Waals surface area contributed by atoms with E-state index in [4.69, 9.17) is 0 Å². The van der Waals surface area contributed by atoms with Gasteiger partial charge in [-0.15, -0.1) is 0 Å². The zero-order valence-electron chi connectivity index (χ0n) is 9.93. The number of hydrogen-bond donors (Lipinski definition) is 1. The first-order valence-electron chi connectivity index (χ1n) is 5.56. The number of para-hydroxylation sites is 1. The Hall–Kier alpha value is -0.802. The number of halogens is 1. The van der Waals surface area contributed by atoms with Crippen molar-refractivity contribution in [1.29, 1.82) is 0 Å². The van der Waals surface area contributed by atoms with Gasteiger partial charge in [0.05, 0.1) is 0 Å². The van der Waals surface area contributed by atoms with Gasteiger partial charge in [-0.1, -0.05) is 0 Å². The Bertz CT molecular complexity index is 545. The Labute approximate surface area is 123 Å². The first-order chi connectivity index (χ1) is 8.68. The summed E-state index contributed by atoms with van der Waals surface area (Å²) in [6, 6.07) is 18.6.